The molecule has 0 bridgehead atoms. The molecule has 1 aromatic heterocycles. The molecule has 11 heteroatoms. The molecule has 35 heavy (non-hydrogen) atoms. The van der Waals surface area contributed by atoms with Crippen LogP contribution >= 0.6 is 11.8 Å². The summed E-state index contributed by atoms with van der Waals surface area (Å²) in [4.78, 5) is 24.1. The van der Waals surface area contributed by atoms with Crippen LogP contribution < -0.4 is 5.32 Å². The van der Waals surface area contributed by atoms with Gasteiger partial charge >= 0.3 is 5.97 Å². The van der Waals surface area contributed by atoms with E-state index in [2.05, 4.69) is 15.5 Å². The average molecular weight is 498 g/mol. The van der Waals surface area contributed by atoms with Crippen molar-refractivity contribution in [1.29, 1.82) is 0 Å². The van der Waals surface area contributed by atoms with Gasteiger partial charge in [-0.25, -0.2) is 13.2 Å². The van der Waals surface area contributed by atoms with E-state index >= 15 is 0 Å². The van der Waals surface area contributed by atoms with E-state index in [4.69, 9.17) is 4.74 Å². The molecule has 0 fully saturated rings. The number of hydrogen-bond donors (Lipinski definition) is 1. The zero-order valence-electron chi connectivity index (χ0n) is 18.0. The highest BCUT2D eigenvalue weighted by molar-refractivity contribution is 7.99. The highest BCUT2D eigenvalue weighted by Gasteiger charge is 2.18. The zero-order valence-corrected chi connectivity index (χ0v) is 18.8. The molecule has 3 aromatic carbocycles. The molecule has 0 atom stereocenters. The molecule has 178 valence electrons. The standard InChI is InChI=1S/C24H17F3N4O3S/c25-16-8-6-15(7-9-16)23-29-30-24(31(23)18-4-2-1-3-5-18)35-14-22(33)34-13-21(32)28-17-10-11-19(26)20(27)12-17/h1-12H,13-14H2,(H,28,32). The summed E-state index contributed by atoms with van der Waals surface area (Å²) in [6, 6.07) is 17.8. The van der Waals surface area contributed by atoms with Gasteiger partial charge in [-0.3, -0.25) is 14.2 Å². The summed E-state index contributed by atoms with van der Waals surface area (Å²) in [5.74, 6) is -3.66. The van der Waals surface area contributed by atoms with E-state index < -0.39 is 30.1 Å². The van der Waals surface area contributed by atoms with Crippen molar-refractivity contribution >= 4 is 29.3 Å². The van der Waals surface area contributed by atoms with Crippen LogP contribution in [0.2, 0.25) is 0 Å². The Morgan fingerprint density at radius 3 is 2.37 bits per heavy atom. The van der Waals surface area contributed by atoms with Crippen molar-refractivity contribution in [2.24, 2.45) is 0 Å². The van der Waals surface area contributed by atoms with E-state index in [0.29, 0.717) is 16.5 Å². The number of amides is 1. The number of hydrogen-bond acceptors (Lipinski definition) is 6. The highest BCUT2D eigenvalue weighted by atomic mass is 32.2. The number of esters is 1. The summed E-state index contributed by atoms with van der Waals surface area (Å²) in [6.07, 6.45) is 0. The number of carbonyl (C=O) groups is 2. The third-order valence-corrected chi connectivity index (χ3v) is 5.54. The summed E-state index contributed by atoms with van der Waals surface area (Å²) >= 11 is 1.05. The maximum atomic E-state index is 13.4. The van der Waals surface area contributed by atoms with Gasteiger partial charge in [0.05, 0.1) is 5.75 Å². The Labute approximate surface area is 201 Å². The maximum Gasteiger partial charge on any atom is 0.316 e. The number of anilines is 1. The van der Waals surface area contributed by atoms with E-state index in [1.54, 1.807) is 16.7 Å². The van der Waals surface area contributed by atoms with Crippen LogP contribution in [0.4, 0.5) is 18.9 Å². The van der Waals surface area contributed by atoms with Gasteiger partial charge in [0.15, 0.2) is 29.2 Å². The summed E-state index contributed by atoms with van der Waals surface area (Å²) in [7, 11) is 0. The second-order valence-electron chi connectivity index (χ2n) is 7.11. The molecule has 0 saturated carbocycles. The average Bonchev–Trinajstić information content (AvgIpc) is 3.28. The van der Waals surface area contributed by atoms with Gasteiger partial charge in [-0.15, -0.1) is 10.2 Å². The number of aromatic nitrogens is 3. The first-order valence-corrected chi connectivity index (χ1v) is 11.2. The highest BCUT2D eigenvalue weighted by Crippen LogP contribution is 2.28. The molecule has 0 radical (unpaired) electrons. The molecule has 0 aliphatic carbocycles. The number of thioether (sulfide) groups is 1. The molecule has 0 unspecified atom stereocenters. The Morgan fingerprint density at radius 1 is 0.914 bits per heavy atom. The molecular weight excluding hydrogens is 481 g/mol. The van der Waals surface area contributed by atoms with Crippen LogP contribution in [-0.4, -0.2) is 39.0 Å². The number of carbonyl (C=O) groups excluding carboxylic acids is 2. The fraction of sp³-hybridized carbons (Fsp3) is 0.0833. The second kappa shape index (κ2) is 10.9. The van der Waals surface area contributed by atoms with Gasteiger partial charge in [0.2, 0.25) is 0 Å². The normalized spacial score (nSPS) is 10.7. The third kappa shape index (κ3) is 6.07. The van der Waals surface area contributed by atoms with E-state index in [1.165, 1.54) is 18.2 Å². The van der Waals surface area contributed by atoms with E-state index in [-0.39, 0.29) is 17.3 Å². The van der Waals surface area contributed by atoms with Crippen LogP contribution in [0.3, 0.4) is 0 Å². The molecule has 0 aliphatic rings. The van der Waals surface area contributed by atoms with E-state index in [1.807, 2.05) is 30.3 Å². The van der Waals surface area contributed by atoms with Gasteiger partial charge in [-0.05, 0) is 48.5 Å². The molecule has 0 spiro atoms. The van der Waals surface area contributed by atoms with Crippen molar-refractivity contribution in [3.8, 4) is 17.1 Å². The number of ether oxygens (including phenoxy) is 1. The summed E-state index contributed by atoms with van der Waals surface area (Å²) in [5.41, 5.74) is 1.40. The lowest BCUT2D eigenvalue weighted by Crippen LogP contribution is -2.21. The minimum atomic E-state index is -1.11. The SMILES string of the molecule is O=C(COC(=O)CSc1nnc(-c2ccc(F)cc2)n1-c1ccccc1)Nc1ccc(F)c(F)c1. The quantitative estimate of drug-likeness (QED) is 0.282. The van der Waals surface area contributed by atoms with Crippen molar-refractivity contribution in [2.75, 3.05) is 17.7 Å². The molecule has 4 aromatic rings. The van der Waals surface area contributed by atoms with Gasteiger partial charge < -0.3 is 10.1 Å². The van der Waals surface area contributed by atoms with Crippen LogP contribution in [0.1, 0.15) is 0 Å². The Kier molecular flexibility index (Phi) is 7.46. The van der Waals surface area contributed by atoms with E-state index in [9.17, 15) is 22.8 Å². The predicted molar refractivity (Wildman–Crippen MR) is 123 cm³/mol. The molecular formula is C24H17F3N4O3S. The van der Waals surface area contributed by atoms with Gasteiger partial charge in [0.25, 0.3) is 5.91 Å². The first kappa shape index (κ1) is 24.0. The minimum Gasteiger partial charge on any atom is -0.455 e. The second-order valence-corrected chi connectivity index (χ2v) is 8.05. The van der Waals surface area contributed by atoms with Crippen LogP contribution in [-0.2, 0) is 14.3 Å². The van der Waals surface area contributed by atoms with Gasteiger partial charge in [-0.1, -0.05) is 30.0 Å². The van der Waals surface area contributed by atoms with Crippen LogP contribution in [0, 0.1) is 17.5 Å². The first-order valence-electron chi connectivity index (χ1n) is 10.2. The van der Waals surface area contributed by atoms with Crippen molar-refractivity contribution in [3.63, 3.8) is 0 Å². The lowest BCUT2D eigenvalue weighted by molar-refractivity contribution is -0.144. The fourth-order valence-corrected chi connectivity index (χ4v) is 3.79. The van der Waals surface area contributed by atoms with Gasteiger partial charge in [-0.2, -0.15) is 0 Å². The van der Waals surface area contributed by atoms with Crippen molar-refractivity contribution in [3.05, 3.63) is 90.2 Å². The van der Waals surface area contributed by atoms with Crippen molar-refractivity contribution in [1.82, 2.24) is 14.8 Å². The number of rotatable bonds is 8. The lowest BCUT2D eigenvalue weighted by atomic mass is 10.2. The lowest BCUT2D eigenvalue weighted by Gasteiger charge is -2.10. The van der Waals surface area contributed by atoms with Gasteiger partial charge in [0.1, 0.15) is 5.82 Å². The van der Waals surface area contributed by atoms with Crippen LogP contribution in [0.25, 0.3) is 17.1 Å². The minimum absolute atomic E-state index is 0.0311. The largest absolute Gasteiger partial charge is 0.455 e. The topological polar surface area (TPSA) is 86.1 Å². The Hall–Kier alpha value is -4.12. The number of halogens is 3. The smallest absolute Gasteiger partial charge is 0.316 e. The molecule has 0 saturated heterocycles. The predicted octanol–water partition coefficient (Wildman–Crippen LogP) is 4.63. The number of para-hydroxylation sites is 1. The summed E-state index contributed by atoms with van der Waals surface area (Å²) in [5, 5.41) is 11.1. The van der Waals surface area contributed by atoms with Gasteiger partial charge in [0, 0.05) is 23.0 Å². The van der Waals surface area contributed by atoms with Crippen molar-refractivity contribution < 1.29 is 27.5 Å². The molecule has 4 rings (SSSR count). The maximum absolute atomic E-state index is 13.4. The van der Waals surface area contributed by atoms with Crippen LogP contribution in [0.5, 0.6) is 0 Å². The summed E-state index contributed by atoms with van der Waals surface area (Å²) < 4.78 is 46.3. The van der Waals surface area contributed by atoms with E-state index in [0.717, 1.165) is 29.6 Å². The molecule has 7 nitrogen and oxygen atoms in total. The molecule has 1 N–H and O–H groups in total. The zero-order chi connectivity index (χ0) is 24.8. The fourth-order valence-electron chi connectivity index (χ4n) is 3.04. The summed E-state index contributed by atoms with van der Waals surface area (Å²) in [6.45, 7) is -0.607. The molecule has 1 heterocycles. The number of nitrogens with one attached hydrogen (secondary N) is 1. The Bertz CT molecular complexity index is 1350. The molecule has 0 aliphatic heterocycles. The Balaban J connectivity index is 1.40. The number of benzene rings is 3. The van der Waals surface area contributed by atoms with Crippen molar-refractivity contribution in [2.45, 2.75) is 5.16 Å². The number of nitrogens with zero attached hydrogens (tertiary/aromatic N) is 3. The molecule has 1 amide bonds. The monoisotopic (exact) mass is 498 g/mol. The van der Waals surface area contributed by atoms with Crippen LogP contribution in [0.15, 0.2) is 78.0 Å². The Morgan fingerprint density at radius 2 is 1.66 bits per heavy atom. The first-order chi connectivity index (χ1) is 16.9. The third-order valence-electron chi connectivity index (χ3n) is 4.64.